The van der Waals surface area contributed by atoms with Gasteiger partial charge in [0.15, 0.2) is 0 Å². The van der Waals surface area contributed by atoms with Gasteiger partial charge in [-0.05, 0) is 76.9 Å². The smallest absolute Gasteiger partial charge is 0.251 e. The molecule has 1 amide bonds. The average molecular weight is 423 g/mol. The highest BCUT2D eigenvalue weighted by Crippen LogP contribution is 2.21. The van der Waals surface area contributed by atoms with E-state index in [1.165, 1.54) is 24.3 Å². The SMILES string of the molecule is CC(C)(C)NS(=O)(=O)c1ccc(C(=O)NC(C)(C)Cc2ccccc2Cl)cc1. The summed E-state index contributed by atoms with van der Waals surface area (Å²) in [6.45, 7) is 9.15. The molecule has 0 radical (unpaired) electrons. The van der Waals surface area contributed by atoms with Crippen LogP contribution in [-0.4, -0.2) is 25.4 Å². The molecule has 0 atom stereocenters. The maximum absolute atomic E-state index is 12.6. The van der Waals surface area contributed by atoms with Crippen molar-refractivity contribution in [2.24, 2.45) is 0 Å². The van der Waals surface area contributed by atoms with E-state index < -0.39 is 21.1 Å². The van der Waals surface area contributed by atoms with E-state index in [0.29, 0.717) is 17.0 Å². The molecule has 0 unspecified atom stereocenters. The maximum Gasteiger partial charge on any atom is 0.251 e. The summed E-state index contributed by atoms with van der Waals surface area (Å²) in [5.41, 5.74) is 0.226. The predicted octanol–water partition coefficient (Wildman–Crippen LogP) is 4.17. The van der Waals surface area contributed by atoms with Gasteiger partial charge < -0.3 is 5.32 Å². The van der Waals surface area contributed by atoms with Gasteiger partial charge >= 0.3 is 0 Å². The van der Waals surface area contributed by atoms with Crippen LogP contribution in [0.1, 0.15) is 50.5 Å². The molecule has 0 heterocycles. The molecule has 152 valence electrons. The van der Waals surface area contributed by atoms with Gasteiger partial charge in [0.2, 0.25) is 10.0 Å². The molecule has 7 heteroatoms. The zero-order valence-electron chi connectivity index (χ0n) is 16.8. The molecule has 0 saturated heterocycles. The fourth-order valence-electron chi connectivity index (χ4n) is 2.79. The van der Waals surface area contributed by atoms with Crippen LogP contribution in [0.2, 0.25) is 5.02 Å². The van der Waals surface area contributed by atoms with Crippen LogP contribution in [0.5, 0.6) is 0 Å². The highest BCUT2D eigenvalue weighted by molar-refractivity contribution is 7.89. The Labute approximate surface area is 172 Å². The monoisotopic (exact) mass is 422 g/mol. The molecule has 0 spiro atoms. The van der Waals surface area contributed by atoms with E-state index in [1.807, 2.05) is 38.1 Å². The van der Waals surface area contributed by atoms with Crippen LogP contribution in [0.25, 0.3) is 0 Å². The number of nitrogens with one attached hydrogen (secondary N) is 2. The van der Waals surface area contributed by atoms with Crippen LogP contribution in [0, 0.1) is 0 Å². The first-order valence-corrected chi connectivity index (χ1v) is 10.9. The Morgan fingerprint density at radius 3 is 2.07 bits per heavy atom. The summed E-state index contributed by atoms with van der Waals surface area (Å²) in [6.07, 6.45) is 0.570. The Morgan fingerprint density at radius 1 is 0.964 bits per heavy atom. The second-order valence-corrected chi connectivity index (χ2v) is 10.6. The van der Waals surface area contributed by atoms with Crippen LogP contribution in [0.15, 0.2) is 53.4 Å². The fourth-order valence-corrected chi connectivity index (χ4v) is 4.41. The van der Waals surface area contributed by atoms with Crippen molar-refractivity contribution in [2.45, 2.75) is 57.0 Å². The minimum atomic E-state index is -3.64. The molecule has 2 aromatic rings. The van der Waals surface area contributed by atoms with E-state index in [2.05, 4.69) is 10.0 Å². The van der Waals surface area contributed by atoms with E-state index in [4.69, 9.17) is 11.6 Å². The average Bonchev–Trinajstić information content (AvgIpc) is 2.54. The minimum Gasteiger partial charge on any atom is -0.347 e. The van der Waals surface area contributed by atoms with Crippen molar-refractivity contribution in [2.75, 3.05) is 0 Å². The molecular formula is C21H27ClN2O3S. The molecule has 0 aliphatic carbocycles. The lowest BCUT2D eigenvalue weighted by Gasteiger charge is -2.27. The number of hydrogen-bond donors (Lipinski definition) is 2. The summed E-state index contributed by atoms with van der Waals surface area (Å²) in [6, 6.07) is 13.4. The van der Waals surface area contributed by atoms with Crippen molar-refractivity contribution in [3.63, 3.8) is 0 Å². The molecule has 0 bridgehead atoms. The van der Waals surface area contributed by atoms with E-state index in [-0.39, 0.29) is 10.8 Å². The lowest BCUT2D eigenvalue weighted by molar-refractivity contribution is 0.0913. The summed E-state index contributed by atoms with van der Waals surface area (Å²) in [4.78, 5) is 12.7. The van der Waals surface area contributed by atoms with Crippen molar-refractivity contribution in [3.8, 4) is 0 Å². The highest BCUT2D eigenvalue weighted by atomic mass is 35.5. The molecule has 28 heavy (non-hydrogen) atoms. The second kappa shape index (κ2) is 8.23. The molecular weight excluding hydrogens is 396 g/mol. The lowest BCUT2D eigenvalue weighted by atomic mass is 9.94. The number of sulfonamides is 1. The van der Waals surface area contributed by atoms with Crippen LogP contribution in [0.3, 0.4) is 0 Å². The molecule has 0 saturated carbocycles. The molecule has 2 aromatic carbocycles. The van der Waals surface area contributed by atoms with Crippen molar-refractivity contribution in [3.05, 3.63) is 64.7 Å². The van der Waals surface area contributed by atoms with E-state index in [9.17, 15) is 13.2 Å². The van der Waals surface area contributed by atoms with Crippen molar-refractivity contribution < 1.29 is 13.2 Å². The molecule has 0 aliphatic rings. The maximum atomic E-state index is 12.6. The quantitative estimate of drug-likeness (QED) is 0.733. The largest absolute Gasteiger partial charge is 0.347 e. The van der Waals surface area contributed by atoms with E-state index in [0.717, 1.165) is 5.56 Å². The van der Waals surface area contributed by atoms with Gasteiger partial charge in [-0.3, -0.25) is 4.79 Å². The Morgan fingerprint density at radius 2 is 1.54 bits per heavy atom. The third kappa shape index (κ3) is 6.33. The first-order chi connectivity index (χ1) is 12.8. The zero-order chi connectivity index (χ0) is 21.2. The first kappa shape index (κ1) is 22.4. The van der Waals surface area contributed by atoms with Gasteiger partial charge in [-0.25, -0.2) is 13.1 Å². The molecule has 2 rings (SSSR count). The Kier molecular flexibility index (Phi) is 6.58. The second-order valence-electron chi connectivity index (χ2n) is 8.49. The number of rotatable bonds is 6. The van der Waals surface area contributed by atoms with Gasteiger partial charge in [0.05, 0.1) is 4.90 Å². The van der Waals surface area contributed by atoms with Crippen molar-refractivity contribution in [1.29, 1.82) is 0 Å². The van der Waals surface area contributed by atoms with Gasteiger partial charge in [-0.15, -0.1) is 0 Å². The van der Waals surface area contributed by atoms with E-state index >= 15 is 0 Å². The standard InChI is InChI=1S/C21H27ClN2O3S/c1-20(2,3)24-28(26,27)17-12-10-15(11-13-17)19(25)23-21(4,5)14-16-8-6-7-9-18(16)22/h6-13,24H,14H2,1-5H3,(H,23,25). The van der Waals surface area contributed by atoms with Crippen molar-refractivity contribution >= 4 is 27.5 Å². The fraction of sp³-hybridized carbons (Fsp3) is 0.381. The third-order valence-electron chi connectivity index (χ3n) is 3.91. The lowest BCUT2D eigenvalue weighted by Crippen LogP contribution is -2.45. The predicted molar refractivity (Wildman–Crippen MR) is 113 cm³/mol. The van der Waals surface area contributed by atoms with Crippen LogP contribution in [0.4, 0.5) is 0 Å². The molecule has 0 fully saturated rings. The Balaban J connectivity index is 2.11. The van der Waals surface area contributed by atoms with Gasteiger partial charge in [-0.1, -0.05) is 29.8 Å². The number of halogens is 1. The summed E-state index contributed by atoms with van der Waals surface area (Å²) >= 11 is 6.21. The van der Waals surface area contributed by atoms with Crippen LogP contribution < -0.4 is 10.0 Å². The summed E-state index contributed by atoms with van der Waals surface area (Å²) in [7, 11) is -3.64. The molecule has 5 nitrogen and oxygen atoms in total. The highest BCUT2D eigenvalue weighted by Gasteiger charge is 2.24. The zero-order valence-corrected chi connectivity index (χ0v) is 18.4. The number of carbonyl (C=O) groups is 1. The molecule has 2 N–H and O–H groups in total. The topological polar surface area (TPSA) is 75.3 Å². The third-order valence-corrected chi connectivity index (χ3v) is 6.05. The van der Waals surface area contributed by atoms with Crippen LogP contribution >= 0.6 is 11.6 Å². The number of carbonyl (C=O) groups excluding carboxylic acids is 1. The summed E-state index contributed by atoms with van der Waals surface area (Å²) in [5.74, 6) is -0.273. The number of hydrogen-bond acceptors (Lipinski definition) is 3. The molecule has 0 aliphatic heterocycles. The first-order valence-electron chi connectivity index (χ1n) is 8.99. The van der Waals surface area contributed by atoms with Gasteiger partial charge in [0, 0.05) is 21.7 Å². The number of amides is 1. The number of benzene rings is 2. The van der Waals surface area contributed by atoms with Crippen LogP contribution in [-0.2, 0) is 16.4 Å². The van der Waals surface area contributed by atoms with Gasteiger partial charge in [0.1, 0.15) is 0 Å². The Bertz CT molecular complexity index is 946. The van der Waals surface area contributed by atoms with E-state index in [1.54, 1.807) is 20.8 Å². The Hall–Kier alpha value is -1.89. The minimum absolute atomic E-state index is 0.120. The normalized spacial score (nSPS) is 12.6. The van der Waals surface area contributed by atoms with Gasteiger partial charge in [0.25, 0.3) is 5.91 Å². The van der Waals surface area contributed by atoms with Gasteiger partial charge in [-0.2, -0.15) is 0 Å². The summed E-state index contributed by atoms with van der Waals surface area (Å²) in [5, 5.41) is 3.64. The summed E-state index contributed by atoms with van der Waals surface area (Å²) < 4.78 is 27.3. The molecule has 0 aromatic heterocycles. The van der Waals surface area contributed by atoms with Crippen molar-refractivity contribution in [1.82, 2.24) is 10.0 Å².